The molecule has 1 heterocycles. The average Bonchev–Trinajstić information content (AvgIpc) is 3.00. The van der Waals surface area contributed by atoms with Crippen LogP contribution in [-0.2, 0) is 14.2 Å². The van der Waals surface area contributed by atoms with Crippen LogP contribution in [0.15, 0.2) is 60.7 Å². The molecular formula is C19H18O6. The number of esters is 2. The van der Waals surface area contributed by atoms with E-state index in [1.165, 1.54) is 0 Å². The van der Waals surface area contributed by atoms with Crippen molar-refractivity contribution in [1.29, 1.82) is 0 Å². The van der Waals surface area contributed by atoms with Gasteiger partial charge in [-0.3, -0.25) is 0 Å². The summed E-state index contributed by atoms with van der Waals surface area (Å²) in [5.74, 6) is -1.01. The lowest BCUT2D eigenvalue weighted by atomic mass is 10.1. The van der Waals surface area contributed by atoms with Crippen molar-refractivity contribution in [2.45, 2.75) is 24.9 Å². The van der Waals surface area contributed by atoms with E-state index in [1.807, 2.05) is 0 Å². The van der Waals surface area contributed by atoms with Gasteiger partial charge in [-0.2, -0.15) is 0 Å². The normalized spacial score (nSPS) is 22.4. The van der Waals surface area contributed by atoms with E-state index in [9.17, 15) is 14.7 Å². The Balaban J connectivity index is 1.58. The Morgan fingerprint density at radius 1 is 0.960 bits per heavy atom. The molecule has 0 bridgehead atoms. The van der Waals surface area contributed by atoms with E-state index in [4.69, 9.17) is 14.2 Å². The minimum Gasteiger partial charge on any atom is -0.459 e. The zero-order chi connectivity index (χ0) is 17.6. The van der Waals surface area contributed by atoms with Crippen LogP contribution in [0.5, 0.6) is 0 Å². The van der Waals surface area contributed by atoms with Crippen molar-refractivity contribution in [3.8, 4) is 0 Å². The number of aliphatic hydroxyl groups is 1. The van der Waals surface area contributed by atoms with Crippen LogP contribution in [-0.4, -0.2) is 42.1 Å². The highest BCUT2D eigenvalue weighted by atomic mass is 16.7. The predicted molar refractivity (Wildman–Crippen MR) is 87.9 cm³/mol. The zero-order valence-corrected chi connectivity index (χ0v) is 13.4. The maximum atomic E-state index is 12.1. The van der Waals surface area contributed by atoms with Gasteiger partial charge >= 0.3 is 11.9 Å². The van der Waals surface area contributed by atoms with E-state index in [0.717, 1.165) is 0 Å². The number of hydrogen-bond acceptors (Lipinski definition) is 6. The summed E-state index contributed by atoms with van der Waals surface area (Å²) >= 11 is 0. The summed E-state index contributed by atoms with van der Waals surface area (Å²) in [7, 11) is 0. The first kappa shape index (κ1) is 17.1. The third kappa shape index (κ3) is 4.43. The number of aliphatic hydroxyl groups excluding tert-OH is 1. The molecule has 1 N–H and O–H groups in total. The van der Waals surface area contributed by atoms with Crippen LogP contribution in [0.3, 0.4) is 0 Å². The first-order valence-electron chi connectivity index (χ1n) is 7.95. The van der Waals surface area contributed by atoms with Gasteiger partial charge in [0, 0.05) is 6.42 Å². The van der Waals surface area contributed by atoms with Crippen LogP contribution in [0.1, 0.15) is 27.1 Å². The van der Waals surface area contributed by atoms with Crippen LogP contribution in [0.25, 0.3) is 0 Å². The van der Waals surface area contributed by atoms with Crippen LogP contribution < -0.4 is 0 Å². The molecule has 0 aliphatic carbocycles. The van der Waals surface area contributed by atoms with Crippen molar-refractivity contribution >= 4 is 11.9 Å². The summed E-state index contributed by atoms with van der Waals surface area (Å²) in [6.45, 7) is -0.114. The summed E-state index contributed by atoms with van der Waals surface area (Å²) < 4.78 is 15.9. The average molecular weight is 342 g/mol. The molecule has 6 heteroatoms. The molecule has 1 aliphatic heterocycles. The summed E-state index contributed by atoms with van der Waals surface area (Å²) in [4.78, 5) is 24.1. The second-order valence-electron chi connectivity index (χ2n) is 5.64. The summed E-state index contributed by atoms with van der Waals surface area (Å²) in [6, 6.07) is 17.1. The molecule has 0 saturated carbocycles. The van der Waals surface area contributed by atoms with E-state index in [2.05, 4.69) is 0 Å². The van der Waals surface area contributed by atoms with Gasteiger partial charge in [-0.25, -0.2) is 9.59 Å². The fraction of sp³-hybridized carbons (Fsp3) is 0.263. The van der Waals surface area contributed by atoms with Gasteiger partial charge in [0.1, 0.15) is 18.8 Å². The van der Waals surface area contributed by atoms with Crippen molar-refractivity contribution in [3.63, 3.8) is 0 Å². The number of carbonyl (C=O) groups is 2. The SMILES string of the molecule is O=C(OC[C@H]1O[C@H](O)C[C@H]1OC(=O)c1ccccc1)c1ccccc1. The number of rotatable bonds is 5. The molecule has 25 heavy (non-hydrogen) atoms. The maximum absolute atomic E-state index is 12.1. The highest BCUT2D eigenvalue weighted by Crippen LogP contribution is 2.23. The van der Waals surface area contributed by atoms with Gasteiger partial charge in [-0.1, -0.05) is 36.4 Å². The van der Waals surface area contributed by atoms with Crippen molar-refractivity contribution in [1.82, 2.24) is 0 Å². The third-order valence-electron chi connectivity index (χ3n) is 3.84. The topological polar surface area (TPSA) is 82.1 Å². The molecule has 130 valence electrons. The molecule has 1 saturated heterocycles. The molecule has 0 unspecified atom stereocenters. The van der Waals surface area contributed by atoms with Crippen molar-refractivity contribution < 1.29 is 28.9 Å². The maximum Gasteiger partial charge on any atom is 0.338 e. The standard InChI is InChI=1S/C19H18O6/c20-17-11-15(25-19(22)14-9-5-2-6-10-14)16(24-17)12-23-18(21)13-7-3-1-4-8-13/h1-10,15-17,20H,11-12H2/t15-,16-,17+/m1/s1. The summed E-state index contributed by atoms with van der Waals surface area (Å²) in [6.07, 6.45) is -2.33. The first-order valence-corrected chi connectivity index (χ1v) is 7.95. The van der Waals surface area contributed by atoms with Crippen molar-refractivity contribution in [2.24, 2.45) is 0 Å². The lowest BCUT2D eigenvalue weighted by Crippen LogP contribution is -2.32. The van der Waals surface area contributed by atoms with E-state index in [-0.39, 0.29) is 13.0 Å². The molecule has 6 nitrogen and oxygen atoms in total. The van der Waals surface area contributed by atoms with Crippen LogP contribution in [0.2, 0.25) is 0 Å². The predicted octanol–water partition coefficient (Wildman–Crippen LogP) is 2.18. The van der Waals surface area contributed by atoms with Crippen molar-refractivity contribution in [3.05, 3.63) is 71.8 Å². The molecule has 1 fully saturated rings. The number of benzene rings is 2. The monoisotopic (exact) mass is 342 g/mol. The van der Waals surface area contributed by atoms with Gasteiger partial charge in [0.25, 0.3) is 0 Å². The Labute approximate surface area is 144 Å². The Kier molecular flexibility index (Phi) is 5.42. The van der Waals surface area contributed by atoms with Crippen LogP contribution >= 0.6 is 0 Å². The fourth-order valence-corrected chi connectivity index (χ4v) is 2.56. The summed E-state index contributed by atoms with van der Waals surface area (Å²) in [5.41, 5.74) is 0.822. The summed E-state index contributed by atoms with van der Waals surface area (Å²) in [5, 5.41) is 9.68. The Bertz CT molecular complexity index is 715. The van der Waals surface area contributed by atoms with Crippen LogP contribution in [0.4, 0.5) is 0 Å². The van der Waals surface area contributed by atoms with Crippen LogP contribution in [0, 0.1) is 0 Å². The second kappa shape index (κ2) is 7.92. The van der Waals surface area contributed by atoms with E-state index in [0.29, 0.717) is 11.1 Å². The lowest BCUT2D eigenvalue weighted by Gasteiger charge is -2.18. The largest absolute Gasteiger partial charge is 0.459 e. The van der Waals surface area contributed by atoms with E-state index >= 15 is 0 Å². The smallest absolute Gasteiger partial charge is 0.338 e. The Hall–Kier alpha value is -2.70. The fourth-order valence-electron chi connectivity index (χ4n) is 2.56. The van der Waals surface area contributed by atoms with Gasteiger partial charge in [0.15, 0.2) is 6.29 Å². The van der Waals surface area contributed by atoms with E-state index < -0.39 is 30.4 Å². The molecule has 3 rings (SSSR count). The zero-order valence-electron chi connectivity index (χ0n) is 13.4. The molecule has 0 aromatic heterocycles. The van der Waals surface area contributed by atoms with E-state index in [1.54, 1.807) is 60.7 Å². The first-order chi connectivity index (χ1) is 12.1. The van der Waals surface area contributed by atoms with Gasteiger partial charge in [0.2, 0.25) is 0 Å². The molecular weight excluding hydrogens is 324 g/mol. The minimum absolute atomic E-state index is 0.114. The van der Waals surface area contributed by atoms with Crippen molar-refractivity contribution in [2.75, 3.05) is 6.61 Å². The Morgan fingerprint density at radius 3 is 2.12 bits per heavy atom. The molecule has 0 radical (unpaired) electrons. The van der Waals surface area contributed by atoms with Gasteiger partial charge in [-0.15, -0.1) is 0 Å². The third-order valence-corrected chi connectivity index (χ3v) is 3.84. The van der Waals surface area contributed by atoms with Gasteiger partial charge in [0.05, 0.1) is 11.1 Å². The Morgan fingerprint density at radius 2 is 1.52 bits per heavy atom. The number of ether oxygens (including phenoxy) is 3. The highest BCUT2D eigenvalue weighted by Gasteiger charge is 2.38. The minimum atomic E-state index is -1.06. The quantitative estimate of drug-likeness (QED) is 0.839. The van der Waals surface area contributed by atoms with Gasteiger partial charge < -0.3 is 19.3 Å². The number of carbonyl (C=O) groups excluding carboxylic acids is 2. The molecule has 2 aromatic rings. The molecule has 0 amide bonds. The molecule has 2 aromatic carbocycles. The lowest BCUT2D eigenvalue weighted by molar-refractivity contribution is -0.110. The molecule has 3 atom stereocenters. The molecule has 0 spiro atoms. The molecule has 1 aliphatic rings. The number of hydrogen-bond donors (Lipinski definition) is 1. The second-order valence-corrected chi connectivity index (χ2v) is 5.64. The highest BCUT2D eigenvalue weighted by molar-refractivity contribution is 5.90. The van der Waals surface area contributed by atoms with Gasteiger partial charge in [-0.05, 0) is 24.3 Å².